The molecule has 0 aliphatic heterocycles. The molecule has 0 aromatic heterocycles. The van der Waals surface area contributed by atoms with Crippen LogP contribution in [0.5, 0.6) is 0 Å². The van der Waals surface area contributed by atoms with Crippen molar-refractivity contribution in [2.24, 2.45) is 5.92 Å². The second-order valence-electron chi connectivity index (χ2n) is 6.04. The van der Waals surface area contributed by atoms with Crippen LogP contribution < -0.4 is 10.6 Å². The minimum Gasteiger partial charge on any atom is -0.352 e. The summed E-state index contributed by atoms with van der Waals surface area (Å²) in [5.41, 5.74) is 0. The van der Waals surface area contributed by atoms with Crippen LogP contribution in [-0.4, -0.2) is 25.0 Å². The van der Waals surface area contributed by atoms with Gasteiger partial charge in [0.1, 0.15) is 0 Å². The SMILES string of the molecule is O=C(CNCC1CCCCC1)NC1CCCCC1. The van der Waals surface area contributed by atoms with Crippen molar-refractivity contribution in [1.29, 1.82) is 0 Å². The van der Waals surface area contributed by atoms with Gasteiger partial charge in [-0.2, -0.15) is 0 Å². The molecule has 2 saturated carbocycles. The van der Waals surface area contributed by atoms with E-state index in [-0.39, 0.29) is 5.91 Å². The minimum atomic E-state index is 0.192. The highest BCUT2D eigenvalue weighted by atomic mass is 16.1. The molecule has 3 nitrogen and oxygen atoms in total. The van der Waals surface area contributed by atoms with E-state index in [1.807, 2.05) is 0 Å². The summed E-state index contributed by atoms with van der Waals surface area (Å²) in [5, 5.41) is 6.49. The fraction of sp³-hybridized carbons (Fsp3) is 0.933. The monoisotopic (exact) mass is 252 g/mol. The van der Waals surface area contributed by atoms with Crippen LogP contribution in [0.25, 0.3) is 0 Å². The molecule has 0 saturated heterocycles. The van der Waals surface area contributed by atoms with Crippen molar-refractivity contribution < 1.29 is 4.79 Å². The Hall–Kier alpha value is -0.570. The largest absolute Gasteiger partial charge is 0.352 e. The molecule has 0 aromatic carbocycles. The molecule has 2 aliphatic rings. The first-order valence-electron chi connectivity index (χ1n) is 7.84. The fourth-order valence-electron chi connectivity index (χ4n) is 3.31. The van der Waals surface area contributed by atoms with Gasteiger partial charge in [0.05, 0.1) is 6.54 Å². The second kappa shape index (κ2) is 7.78. The summed E-state index contributed by atoms with van der Waals surface area (Å²) in [5.74, 6) is 0.999. The lowest BCUT2D eigenvalue weighted by molar-refractivity contribution is -0.121. The van der Waals surface area contributed by atoms with Gasteiger partial charge in [-0.05, 0) is 38.1 Å². The maximum atomic E-state index is 11.8. The van der Waals surface area contributed by atoms with Crippen LogP contribution in [0.1, 0.15) is 64.2 Å². The van der Waals surface area contributed by atoms with Crippen molar-refractivity contribution in [2.45, 2.75) is 70.3 Å². The summed E-state index contributed by atoms with van der Waals surface area (Å²) in [7, 11) is 0. The van der Waals surface area contributed by atoms with Gasteiger partial charge in [-0.25, -0.2) is 0 Å². The summed E-state index contributed by atoms with van der Waals surface area (Å²) < 4.78 is 0. The third kappa shape index (κ3) is 4.97. The highest BCUT2D eigenvalue weighted by Gasteiger charge is 2.16. The van der Waals surface area contributed by atoms with Gasteiger partial charge in [0.25, 0.3) is 0 Å². The lowest BCUT2D eigenvalue weighted by Gasteiger charge is -2.24. The van der Waals surface area contributed by atoms with Gasteiger partial charge in [-0.1, -0.05) is 38.5 Å². The zero-order chi connectivity index (χ0) is 12.6. The van der Waals surface area contributed by atoms with Crippen LogP contribution in [0.4, 0.5) is 0 Å². The molecule has 18 heavy (non-hydrogen) atoms. The Labute approximate surface area is 111 Å². The zero-order valence-corrected chi connectivity index (χ0v) is 11.5. The Balaban J connectivity index is 1.53. The third-order valence-corrected chi connectivity index (χ3v) is 4.41. The molecule has 0 unspecified atom stereocenters. The van der Waals surface area contributed by atoms with Crippen LogP contribution in [0, 0.1) is 5.92 Å². The zero-order valence-electron chi connectivity index (χ0n) is 11.5. The van der Waals surface area contributed by atoms with E-state index in [4.69, 9.17) is 0 Å². The number of nitrogens with one attached hydrogen (secondary N) is 2. The molecule has 0 bridgehead atoms. The van der Waals surface area contributed by atoms with Crippen molar-refractivity contribution in [2.75, 3.05) is 13.1 Å². The minimum absolute atomic E-state index is 0.192. The number of rotatable bonds is 5. The molecule has 0 spiro atoms. The van der Waals surface area contributed by atoms with Crippen molar-refractivity contribution in [1.82, 2.24) is 10.6 Å². The molecule has 1 amide bonds. The topological polar surface area (TPSA) is 41.1 Å². The molecule has 104 valence electrons. The first-order valence-corrected chi connectivity index (χ1v) is 7.84. The summed E-state index contributed by atoms with van der Waals surface area (Å²) >= 11 is 0. The number of hydrogen-bond acceptors (Lipinski definition) is 2. The van der Waals surface area contributed by atoms with Gasteiger partial charge in [-0.15, -0.1) is 0 Å². The molecule has 0 heterocycles. The molecular weight excluding hydrogens is 224 g/mol. The highest BCUT2D eigenvalue weighted by Crippen LogP contribution is 2.22. The Kier molecular flexibility index (Phi) is 5.98. The smallest absolute Gasteiger partial charge is 0.234 e. The van der Waals surface area contributed by atoms with Gasteiger partial charge in [-0.3, -0.25) is 4.79 Å². The van der Waals surface area contributed by atoms with Crippen molar-refractivity contribution >= 4 is 5.91 Å². The van der Waals surface area contributed by atoms with E-state index < -0.39 is 0 Å². The molecule has 2 N–H and O–H groups in total. The third-order valence-electron chi connectivity index (χ3n) is 4.41. The average Bonchev–Trinajstić information content (AvgIpc) is 2.41. The van der Waals surface area contributed by atoms with E-state index >= 15 is 0 Å². The molecule has 0 aromatic rings. The van der Waals surface area contributed by atoms with E-state index in [1.54, 1.807) is 0 Å². The van der Waals surface area contributed by atoms with E-state index in [2.05, 4.69) is 10.6 Å². The summed E-state index contributed by atoms with van der Waals surface area (Å²) in [4.78, 5) is 11.8. The van der Waals surface area contributed by atoms with Gasteiger partial charge < -0.3 is 10.6 Å². The van der Waals surface area contributed by atoms with E-state index in [0.29, 0.717) is 12.6 Å². The molecular formula is C15H28N2O. The van der Waals surface area contributed by atoms with Crippen molar-refractivity contribution in [3.63, 3.8) is 0 Å². The first-order chi connectivity index (χ1) is 8.84. The highest BCUT2D eigenvalue weighted by molar-refractivity contribution is 5.78. The molecule has 2 aliphatic carbocycles. The summed E-state index contributed by atoms with van der Waals surface area (Å²) in [6.45, 7) is 1.53. The van der Waals surface area contributed by atoms with Crippen LogP contribution in [0.15, 0.2) is 0 Å². The first kappa shape index (κ1) is 13.9. The maximum Gasteiger partial charge on any atom is 0.234 e. The lowest BCUT2D eigenvalue weighted by Crippen LogP contribution is -2.42. The lowest BCUT2D eigenvalue weighted by atomic mass is 9.89. The standard InChI is InChI=1S/C15H28N2O/c18-15(17-14-9-5-2-6-10-14)12-16-11-13-7-3-1-4-8-13/h13-14,16H,1-12H2,(H,17,18). The summed E-state index contributed by atoms with van der Waals surface area (Å²) in [6.07, 6.45) is 13.1. The molecule has 0 radical (unpaired) electrons. The van der Waals surface area contributed by atoms with Gasteiger partial charge in [0.2, 0.25) is 5.91 Å². The van der Waals surface area contributed by atoms with Crippen LogP contribution in [0.2, 0.25) is 0 Å². The maximum absolute atomic E-state index is 11.8. The predicted molar refractivity (Wildman–Crippen MR) is 74.5 cm³/mol. The Morgan fingerprint density at radius 3 is 2.17 bits per heavy atom. The van der Waals surface area contributed by atoms with Gasteiger partial charge in [0.15, 0.2) is 0 Å². The average molecular weight is 252 g/mol. The fourth-order valence-corrected chi connectivity index (χ4v) is 3.31. The number of carbonyl (C=O) groups excluding carboxylic acids is 1. The van der Waals surface area contributed by atoms with Crippen LogP contribution in [0.3, 0.4) is 0 Å². The van der Waals surface area contributed by atoms with E-state index in [9.17, 15) is 4.79 Å². The molecule has 2 rings (SSSR count). The van der Waals surface area contributed by atoms with E-state index in [1.165, 1.54) is 64.2 Å². The molecule has 0 atom stereocenters. The number of carbonyl (C=O) groups is 1. The Morgan fingerprint density at radius 1 is 0.889 bits per heavy atom. The van der Waals surface area contributed by atoms with Crippen LogP contribution >= 0.6 is 0 Å². The predicted octanol–water partition coefficient (Wildman–Crippen LogP) is 2.61. The second-order valence-corrected chi connectivity index (χ2v) is 6.04. The van der Waals surface area contributed by atoms with E-state index in [0.717, 1.165) is 12.5 Å². The van der Waals surface area contributed by atoms with Crippen LogP contribution in [-0.2, 0) is 4.79 Å². The van der Waals surface area contributed by atoms with Gasteiger partial charge >= 0.3 is 0 Å². The Bertz CT molecular complexity index is 243. The summed E-state index contributed by atoms with van der Waals surface area (Å²) in [6, 6.07) is 0.447. The Morgan fingerprint density at radius 2 is 1.50 bits per heavy atom. The normalized spacial score (nSPS) is 22.9. The molecule has 2 fully saturated rings. The number of amides is 1. The quantitative estimate of drug-likeness (QED) is 0.789. The number of hydrogen-bond donors (Lipinski definition) is 2. The molecule has 3 heteroatoms. The van der Waals surface area contributed by atoms with Crippen molar-refractivity contribution in [3.05, 3.63) is 0 Å². The van der Waals surface area contributed by atoms with Crippen molar-refractivity contribution in [3.8, 4) is 0 Å². The van der Waals surface area contributed by atoms with Gasteiger partial charge in [0, 0.05) is 6.04 Å².